The summed E-state index contributed by atoms with van der Waals surface area (Å²) >= 11 is 7.17. The van der Waals surface area contributed by atoms with Crippen LogP contribution in [0.4, 0.5) is 0 Å². The van der Waals surface area contributed by atoms with E-state index in [0.29, 0.717) is 19.7 Å². The van der Waals surface area contributed by atoms with Crippen LogP contribution in [0.2, 0.25) is 0 Å². The van der Waals surface area contributed by atoms with E-state index in [4.69, 9.17) is 9.84 Å². The molecule has 192 valence electrons. The predicted octanol–water partition coefficient (Wildman–Crippen LogP) is 4.82. The lowest BCUT2D eigenvalue weighted by molar-refractivity contribution is -0.138. The van der Waals surface area contributed by atoms with Crippen molar-refractivity contribution < 1.29 is 19.7 Å². The number of aliphatic hydroxyl groups excluding tert-OH is 1. The van der Waals surface area contributed by atoms with Crippen molar-refractivity contribution in [2.75, 3.05) is 52.5 Å². The van der Waals surface area contributed by atoms with Gasteiger partial charge in [-0.1, -0.05) is 45.7 Å². The molecular weight excluding hydrogens is 578 g/mol. The number of aromatic nitrogens is 1. The molecule has 0 aliphatic carbocycles. The summed E-state index contributed by atoms with van der Waals surface area (Å²) in [6, 6.07) is 12.6. The molecule has 0 spiro atoms. The van der Waals surface area contributed by atoms with Crippen molar-refractivity contribution in [2.24, 2.45) is 0 Å². The Bertz CT molecular complexity index is 1050. The number of fused-ring (bicyclic) bond motifs is 3. The van der Waals surface area contributed by atoms with Crippen molar-refractivity contribution in [3.8, 4) is 0 Å². The summed E-state index contributed by atoms with van der Waals surface area (Å²) in [6.45, 7) is 10.5. The van der Waals surface area contributed by atoms with Gasteiger partial charge in [0.25, 0.3) is 0 Å². The Kier molecular flexibility index (Phi) is 11.0. The Balaban J connectivity index is 0.00000167. The highest BCUT2D eigenvalue weighted by Gasteiger charge is 2.21. The van der Waals surface area contributed by atoms with E-state index >= 15 is 0 Å². The van der Waals surface area contributed by atoms with Crippen LogP contribution >= 0.6 is 31.9 Å². The Hall–Kier alpha value is -1.49. The second kappa shape index (κ2) is 13.7. The average Bonchev–Trinajstić information content (AvgIpc) is 3.12. The van der Waals surface area contributed by atoms with Gasteiger partial charge >= 0.3 is 5.97 Å². The zero-order chi connectivity index (χ0) is 25.4. The number of nitrogens with zero attached hydrogens (tertiary/aromatic N) is 3. The second-order valence-electron chi connectivity index (χ2n) is 8.49. The van der Waals surface area contributed by atoms with Gasteiger partial charge in [-0.2, -0.15) is 0 Å². The minimum absolute atomic E-state index is 0.0478. The molecular formula is C26H35Br2N3O4. The van der Waals surface area contributed by atoms with Crippen molar-refractivity contribution in [1.82, 2.24) is 14.4 Å². The number of benzene rings is 2. The molecule has 0 radical (unpaired) electrons. The summed E-state index contributed by atoms with van der Waals surface area (Å²) in [5.41, 5.74) is 2.25. The molecule has 2 heterocycles. The van der Waals surface area contributed by atoms with Crippen molar-refractivity contribution in [2.45, 2.75) is 32.9 Å². The summed E-state index contributed by atoms with van der Waals surface area (Å²) in [6.07, 6.45) is -0.423. The van der Waals surface area contributed by atoms with Gasteiger partial charge in [-0.15, -0.1) is 0 Å². The molecule has 0 saturated carbocycles. The van der Waals surface area contributed by atoms with Crippen LogP contribution in [0.5, 0.6) is 0 Å². The number of halogens is 2. The zero-order valence-electron chi connectivity index (χ0n) is 20.4. The molecule has 1 aliphatic heterocycles. The fourth-order valence-corrected chi connectivity index (χ4v) is 5.18. The Labute approximate surface area is 223 Å². The third-order valence-corrected chi connectivity index (χ3v) is 7.11. The van der Waals surface area contributed by atoms with Crippen LogP contribution in [0.25, 0.3) is 21.8 Å². The van der Waals surface area contributed by atoms with Crippen molar-refractivity contribution in [1.29, 1.82) is 0 Å². The van der Waals surface area contributed by atoms with Crippen LogP contribution in [0.15, 0.2) is 45.3 Å². The number of carboxylic acid groups (broad SMARTS) is 1. The number of rotatable bonds is 10. The number of hydrogen-bond donors (Lipinski definition) is 2. The van der Waals surface area contributed by atoms with Gasteiger partial charge < -0.3 is 19.5 Å². The monoisotopic (exact) mass is 611 g/mol. The molecule has 1 aromatic heterocycles. The molecule has 1 saturated heterocycles. The minimum atomic E-state index is -0.830. The van der Waals surface area contributed by atoms with Gasteiger partial charge in [0.2, 0.25) is 0 Å². The molecule has 1 aliphatic rings. The van der Waals surface area contributed by atoms with E-state index in [1.807, 2.05) is 26.0 Å². The molecule has 2 N–H and O–H groups in total. The summed E-state index contributed by atoms with van der Waals surface area (Å²) in [5, 5.41) is 21.9. The minimum Gasteiger partial charge on any atom is -0.481 e. The topological polar surface area (TPSA) is 78.2 Å². The van der Waals surface area contributed by atoms with E-state index < -0.39 is 12.1 Å². The van der Waals surface area contributed by atoms with Crippen LogP contribution in [-0.4, -0.2) is 89.1 Å². The third-order valence-electron chi connectivity index (χ3n) is 6.13. The smallest absolute Gasteiger partial charge is 0.305 e. The Morgan fingerprint density at radius 1 is 0.914 bits per heavy atom. The molecule has 35 heavy (non-hydrogen) atoms. The van der Waals surface area contributed by atoms with Gasteiger partial charge in [0.15, 0.2) is 0 Å². The van der Waals surface area contributed by atoms with Gasteiger partial charge in [0, 0.05) is 70.0 Å². The Morgan fingerprint density at radius 2 is 1.46 bits per heavy atom. The number of piperazine rings is 1. The molecule has 1 atom stereocenters. The number of carboxylic acids is 1. The first-order valence-corrected chi connectivity index (χ1v) is 13.8. The summed E-state index contributed by atoms with van der Waals surface area (Å²) in [7, 11) is 0. The van der Waals surface area contributed by atoms with Crippen LogP contribution in [0.1, 0.15) is 20.3 Å². The van der Waals surface area contributed by atoms with Gasteiger partial charge in [0.05, 0.1) is 32.3 Å². The van der Waals surface area contributed by atoms with Gasteiger partial charge in [0.1, 0.15) is 0 Å². The number of hydrogen-bond acceptors (Lipinski definition) is 5. The van der Waals surface area contributed by atoms with Crippen molar-refractivity contribution in [3.05, 3.63) is 45.3 Å². The first-order valence-electron chi connectivity index (χ1n) is 12.2. The molecule has 0 amide bonds. The number of carbonyl (C=O) groups is 1. The molecule has 1 fully saturated rings. The molecule has 0 bridgehead atoms. The van der Waals surface area contributed by atoms with Crippen molar-refractivity contribution >= 4 is 59.6 Å². The number of aliphatic carboxylic acids is 1. The highest BCUT2D eigenvalue weighted by molar-refractivity contribution is 9.10. The largest absolute Gasteiger partial charge is 0.481 e. The fourth-order valence-electron chi connectivity index (χ4n) is 4.46. The van der Waals surface area contributed by atoms with E-state index in [1.165, 1.54) is 10.8 Å². The SMILES string of the molecule is CC.O=C(O)CCOCCN1CCN(CC(O)Cn2c3ccc(Br)cc3c3cc(Br)ccc32)CC1. The molecule has 1 unspecified atom stereocenters. The lowest BCUT2D eigenvalue weighted by Crippen LogP contribution is -2.49. The predicted molar refractivity (Wildman–Crippen MR) is 148 cm³/mol. The van der Waals surface area contributed by atoms with Gasteiger partial charge in [-0.3, -0.25) is 14.6 Å². The standard InChI is InChI=1S/C24H29Br2N3O4.C2H6/c25-17-1-3-22-20(13-17)21-14-18(26)2-4-23(21)29(22)16-19(30)15-28-8-6-27(7-9-28)10-12-33-11-5-24(31)32;1-2/h1-4,13-14,19,30H,5-12,15-16H2,(H,31,32);1-2H3. The summed E-state index contributed by atoms with van der Waals surface area (Å²) in [4.78, 5) is 15.2. The van der Waals surface area contributed by atoms with E-state index in [0.717, 1.165) is 52.7 Å². The Morgan fingerprint density at radius 3 is 2.00 bits per heavy atom. The van der Waals surface area contributed by atoms with Crippen LogP contribution in [-0.2, 0) is 16.1 Å². The molecule has 7 nitrogen and oxygen atoms in total. The summed E-state index contributed by atoms with van der Waals surface area (Å²) in [5.74, 6) is -0.830. The van der Waals surface area contributed by atoms with Crippen molar-refractivity contribution in [3.63, 3.8) is 0 Å². The van der Waals surface area contributed by atoms with E-state index in [-0.39, 0.29) is 13.0 Å². The number of ether oxygens (including phenoxy) is 1. The van der Waals surface area contributed by atoms with E-state index in [1.54, 1.807) is 0 Å². The quantitative estimate of drug-likeness (QED) is 0.320. The maximum absolute atomic E-state index is 10.9. The van der Waals surface area contributed by atoms with Crippen LogP contribution in [0, 0.1) is 0 Å². The van der Waals surface area contributed by atoms with E-state index in [2.05, 4.69) is 70.5 Å². The highest BCUT2D eigenvalue weighted by atomic mass is 79.9. The normalized spacial score (nSPS) is 15.8. The lowest BCUT2D eigenvalue weighted by Gasteiger charge is -2.35. The maximum Gasteiger partial charge on any atom is 0.305 e. The van der Waals surface area contributed by atoms with Gasteiger partial charge in [-0.05, 0) is 36.4 Å². The molecule has 9 heteroatoms. The molecule has 3 aromatic rings. The number of aliphatic hydroxyl groups is 1. The second-order valence-corrected chi connectivity index (χ2v) is 10.3. The van der Waals surface area contributed by atoms with Crippen LogP contribution in [0.3, 0.4) is 0 Å². The zero-order valence-corrected chi connectivity index (χ0v) is 23.6. The molecule has 4 rings (SSSR count). The summed E-state index contributed by atoms with van der Waals surface area (Å²) < 4.78 is 9.70. The molecule has 2 aromatic carbocycles. The first kappa shape index (κ1) is 28.1. The van der Waals surface area contributed by atoms with Crippen LogP contribution < -0.4 is 0 Å². The first-order chi connectivity index (χ1) is 16.9. The fraction of sp³-hybridized carbons (Fsp3) is 0.500. The van der Waals surface area contributed by atoms with Gasteiger partial charge in [-0.25, -0.2) is 0 Å². The van der Waals surface area contributed by atoms with E-state index in [9.17, 15) is 9.90 Å². The highest BCUT2D eigenvalue weighted by Crippen LogP contribution is 2.33. The average molecular weight is 613 g/mol. The maximum atomic E-state index is 10.9. The third kappa shape index (κ3) is 7.74. The lowest BCUT2D eigenvalue weighted by atomic mass is 10.2. The number of β-amino-alcohol motifs (C(OH)–C–C–N with tert-alkyl or cyclic N) is 1.